The highest BCUT2D eigenvalue weighted by atomic mass is 32.2. The van der Waals surface area contributed by atoms with Crippen LogP contribution in [-0.4, -0.2) is 32.5 Å². The highest BCUT2D eigenvalue weighted by molar-refractivity contribution is 7.99. The fraction of sp³-hybridized carbons (Fsp3) is 0.318. The van der Waals surface area contributed by atoms with Gasteiger partial charge in [0.1, 0.15) is 5.82 Å². The Morgan fingerprint density at radius 2 is 1.76 bits per heavy atom. The first-order valence-corrected chi connectivity index (χ1v) is 10.9. The van der Waals surface area contributed by atoms with Crippen LogP contribution >= 0.6 is 11.8 Å². The van der Waals surface area contributed by atoms with E-state index in [2.05, 4.69) is 15.5 Å². The lowest BCUT2D eigenvalue weighted by atomic mass is 9.95. The van der Waals surface area contributed by atoms with Gasteiger partial charge in [-0.05, 0) is 37.1 Å². The molecule has 0 saturated heterocycles. The van der Waals surface area contributed by atoms with Gasteiger partial charge in [-0.3, -0.25) is 9.36 Å². The topological polar surface area (TPSA) is 59.8 Å². The maximum absolute atomic E-state index is 13.4. The molecule has 0 unspecified atom stereocenters. The Balaban J connectivity index is 1.55. The number of rotatable bonds is 6. The molecule has 5 nitrogen and oxygen atoms in total. The Hall–Kier alpha value is -2.67. The van der Waals surface area contributed by atoms with Crippen LogP contribution in [0.25, 0.3) is 17.1 Å². The van der Waals surface area contributed by atoms with Crippen LogP contribution in [0.5, 0.6) is 0 Å². The summed E-state index contributed by atoms with van der Waals surface area (Å²) in [5.74, 6) is 0.637. The molecule has 1 saturated carbocycles. The van der Waals surface area contributed by atoms with Crippen LogP contribution in [0.2, 0.25) is 0 Å². The predicted molar refractivity (Wildman–Crippen MR) is 112 cm³/mol. The first-order valence-electron chi connectivity index (χ1n) is 9.89. The largest absolute Gasteiger partial charge is 0.353 e. The molecular weight excluding hydrogens is 387 g/mol. The van der Waals surface area contributed by atoms with Crippen molar-refractivity contribution < 1.29 is 9.18 Å². The monoisotopic (exact) mass is 410 g/mol. The van der Waals surface area contributed by atoms with E-state index in [1.165, 1.54) is 43.2 Å². The summed E-state index contributed by atoms with van der Waals surface area (Å²) in [6, 6.07) is 16.2. The Morgan fingerprint density at radius 3 is 2.48 bits per heavy atom. The number of nitrogens with zero attached hydrogens (tertiary/aromatic N) is 3. The van der Waals surface area contributed by atoms with Crippen molar-refractivity contribution in [2.75, 3.05) is 5.75 Å². The first kappa shape index (κ1) is 19.6. The van der Waals surface area contributed by atoms with Gasteiger partial charge in [0, 0.05) is 17.3 Å². The molecule has 0 radical (unpaired) electrons. The molecule has 1 amide bonds. The molecule has 1 aromatic heterocycles. The average Bonchev–Trinajstić information content (AvgIpc) is 3.18. The van der Waals surface area contributed by atoms with Crippen LogP contribution in [-0.2, 0) is 4.79 Å². The fourth-order valence-corrected chi connectivity index (χ4v) is 4.37. The summed E-state index contributed by atoms with van der Waals surface area (Å²) < 4.78 is 15.3. The zero-order valence-electron chi connectivity index (χ0n) is 16.1. The molecule has 0 spiro atoms. The third kappa shape index (κ3) is 4.85. The number of aromatic nitrogens is 3. The molecular formula is C22H23FN4OS. The van der Waals surface area contributed by atoms with E-state index in [9.17, 15) is 9.18 Å². The minimum atomic E-state index is -0.302. The van der Waals surface area contributed by atoms with Crippen molar-refractivity contribution in [2.45, 2.75) is 43.3 Å². The molecule has 1 N–H and O–H groups in total. The third-order valence-electron chi connectivity index (χ3n) is 5.05. The second-order valence-electron chi connectivity index (χ2n) is 7.18. The van der Waals surface area contributed by atoms with Gasteiger partial charge < -0.3 is 5.32 Å². The molecule has 0 atom stereocenters. The smallest absolute Gasteiger partial charge is 0.230 e. The van der Waals surface area contributed by atoms with E-state index < -0.39 is 0 Å². The lowest BCUT2D eigenvalue weighted by Crippen LogP contribution is -2.37. The van der Waals surface area contributed by atoms with E-state index in [-0.39, 0.29) is 23.5 Å². The number of thioether (sulfide) groups is 1. The normalized spacial score (nSPS) is 14.7. The minimum Gasteiger partial charge on any atom is -0.353 e. The third-order valence-corrected chi connectivity index (χ3v) is 5.98. The van der Waals surface area contributed by atoms with E-state index >= 15 is 0 Å². The van der Waals surface area contributed by atoms with E-state index in [1.54, 1.807) is 12.1 Å². The standard InChI is InChI=1S/C22H23FN4OS/c23-17-11-13-19(14-12-17)27-21(16-7-3-1-4-8-16)25-26-22(27)29-15-20(28)24-18-9-5-2-6-10-18/h1,3-4,7-8,11-14,18H,2,5-6,9-10,15H2,(H,24,28). The molecule has 2 aromatic carbocycles. The lowest BCUT2D eigenvalue weighted by Gasteiger charge is -2.22. The molecule has 1 aliphatic carbocycles. The Bertz CT molecular complexity index is 953. The molecule has 150 valence electrons. The van der Waals surface area contributed by atoms with Crippen molar-refractivity contribution in [1.29, 1.82) is 0 Å². The maximum atomic E-state index is 13.4. The van der Waals surface area contributed by atoms with Crippen LogP contribution in [0.4, 0.5) is 4.39 Å². The van der Waals surface area contributed by atoms with Crippen LogP contribution in [0, 0.1) is 5.82 Å². The lowest BCUT2D eigenvalue weighted by molar-refractivity contribution is -0.119. The summed E-state index contributed by atoms with van der Waals surface area (Å²) in [5.41, 5.74) is 1.66. The van der Waals surface area contributed by atoms with E-state index in [1.807, 2.05) is 34.9 Å². The van der Waals surface area contributed by atoms with Crippen molar-refractivity contribution in [1.82, 2.24) is 20.1 Å². The second-order valence-corrected chi connectivity index (χ2v) is 8.12. The highest BCUT2D eigenvalue weighted by Gasteiger charge is 2.19. The van der Waals surface area contributed by atoms with Gasteiger partial charge in [-0.15, -0.1) is 10.2 Å². The number of nitrogens with one attached hydrogen (secondary N) is 1. The van der Waals surface area contributed by atoms with Crippen molar-refractivity contribution in [3.63, 3.8) is 0 Å². The van der Waals surface area contributed by atoms with Crippen molar-refractivity contribution in [2.24, 2.45) is 0 Å². The predicted octanol–water partition coefficient (Wildman–Crippen LogP) is 4.61. The van der Waals surface area contributed by atoms with Crippen LogP contribution < -0.4 is 5.32 Å². The quantitative estimate of drug-likeness (QED) is 0.603. The number of hydrogen-bond donors (Lipinski definition) is 1. The second kappa shape index (κ2) is 9.22. The summed E-state index contributed by atoms with van der Waals surface area (Å²) in [7, 11) is 0. The van der Waals surface area contributed by atoms with E-state index in [4.69, 9.17) is 0 Å². The summed E-state index contributed by atoms with van der Waals surface area (Å²) in [6.07, 6.45) is 5.72. The molecule has 1 fully saturated rings. The Kier molecular flexibility index (Phi) is 6.24. The molecule has 7 heteroatoms. The number of carbonyl (C=O) groups excluding carboxylic acids is 1. The zero-order valence-corrected chi connectivity index (χ0v) is 16.9. The molecule has 3 aromatic rings. The summed E-state index contributed by atoms with van der Waals surface area (Å²) in [6.45, 7) is 0. The zero-order chi connectivity index (χ0) is 20.1. The number of hydrogen-bond acceptors (Lipinski definition) is 4. The molecule has 0 aliphatic heterocycles. The van der Waals surface area contributed by atoms with Gasteiger partial charge in [0.05, 0.1) is 5.75 Å². The van der Waals surface area contributed by atoms with Gasteiger partial charge in [-0.1, -0.05) is 61.4 Å². The fourth-order valence-electron chi connectivity index (χ4n) is 3.61. The average molecular weight is 411 g/mol. The Morgan fingerprint density at radius 1 is 1.03 bits per heavy atom. The number of carbonyl (C=O) groups is 1. The molecule has 1 heterocycles. The van der Waals surface area contributed by atoms with Gasteiger partial charge in [0.2, 0.25) is 5.91 Å². The maximum Gasteiger partial charge on any atom is 0.230 e. The van der Waals surface area contributed by atoms with Crippen LogP contribution in [0.3, 0.4) is 0 Å². The van der Waals surface area contributed by atoms with E-state index in [0.29, 0.717) is 11.0 Å². The number of amides is 1. The van der Waals surface area contributed by atoms with Gasteiger partial charge in [0.25, 0.3) is 0 Å². The van der Waals surface area contributed by atoms with Gasteiger partial charge >= 0.3 is 0 Å². The molecule has 29 heavy (non-hydrogen) atoms. The summed E-state index contributed by atoms with van der Waals surface area (Å²) in [4.78, 5) is 12.4. The molecule has 1 aliphatic rings. The van der Waals surface area contributed by atoms with Crippen molar-refractivity contribution >= 4 is 17.7 Å². The SMILES string of the molecule is O=C(CSc1nnc(-c2ccccc2)n1-c1ccc(F)cc1)NC1CCCCC1. The highest BCUT2D eigenvalue weighted by Crippen LogP contribution is 2.28. The number of benzene rings is 2. The van der Waals surface area contributed by atoms with Gasteiger partial charge in [-0.25, -0.2) is 4.39 Å². The Labute approximate surface area is 173 Å². The summed E-state index contributed by atoms with van der Waals surface area (Å²) in [5, 5.41) is 12.4. The van der Waals surface area contributed by atoms with Crippen LogP contribution in [0.1, 0.15) is 32.1 Å². The minimum absolute atomic E-state index is 0.0109. The van der Waals surface area contributed by atoms with Gasteiger partial charge in [-0.2, -0.15) is 0 Å². The van der Waals surface area contributed by atoms with Crippen molar-refractivity contribution in [3.8, 4) is 17.1 Å². The van der Waals surface area contributed by atoms with Crippen molar-refractivity contribution in [3.05, 3.63) is 60.4 Å². The number of halogens is 1. The molecule has 4 rings (SSSR count). The first-order chi connectivity index (χ1) is 14.2. The van der Waals surface area contributed by atoms with Crippen LogP contribution in [0.15, 0.2) is 59.8 Å². The summed E-state index contributed by atoms with van der Waals surface area (Å²) >= 11 is 1.34. The van der Waals surface area contributed by atoms with Gasteiger partial charge in [0.15, 0.2) is 11.0 Å². The molecule has 0 bridgehead atoms. The van der Waals surface area contributed by atoms with E-state index in [0.717, 1.165) is 24.1 Å².